The number of anilines is 1. The van der Waals surface area contributed by atoms with Crippen LogP contribution in [0.25, 0.3) is 0 Å². The van der Waals surface area contributed by atoms with Gasteiger partial charge in [0.05, 0.1) is 7.11 Å². The molecule has 0 amide bonds. The Morgan fingerprint density at radius 2 is 2.29 bits per heavy atom. The number of nitrogens with two attached hydrogens (primary N) is 1. The Morgan fingerprint density at radius 1 is 1.59 bits per heavy atom. The third-order valence-corrected chi connectivity index (χ3v) is 2.48. The molecule has 0 aliphatic carbocycles. The van der Waals surface area contributed by atoms with Crippen molar-refractivity contribution in [2.24, 2.45) is 10.9 Å². The van der Waals surface area contributed by atoms with E-state index in [0.717, 1.165) is 17.0 Å². The summed E-state index contributed by atoms with van der Waals surface area (Å²) in [7, 11) is 1.64. The van der Waals surface area contributed by atoms with E-state index < -0.39 is 0 Å². The topological polar surface area (TPSA) is 79.9 Å². The van der Waals surface area contributed by atoms with Crippen LogP contribution < -0.4 is 15.8 Å². The van der Waals surface area contributed by atoms with E-state index in [1.807, 2.05) is 32.0 Å². The third-order valence-electron chi connectivity index (χ3n) is 2.48. The summed E-state index contributed by atoms with van der Waals surface area (Å²) in [6.45, 7) is 3.97. The monoisotopic (exact) mass is 237 g/mol. The number of nitrogens with zero attached hydrogens (tertiary/aromatic N) is 1. The summed E-state index contributed by atoms with van der Waals surface area (Å²) in [6, 6.07) is 5.90. The van der Waals surface area contributed by atoms with Gasteiger partial charge in [-0.1, -0.05) is 5.16 Å². The number of hydrogen-bond acceptors (Lipinski definition) is 4. The molecule has 1 aromatic carbocycles. The highest BCUT2D eigenvalue weighted by molar-refractivity contribution is 5.80. The highest BCUT2D eigenvalue weighted by Crippen LogP contribution is 2.21. The Balaban J connectivity index is 2.68. The van der Waals surface area contributed by atoms with Crippen LogP contribution in [-0.4, -0.2) is 24.2 Å². The van der Waals surface area contributed by atoms with Crippen LogP contribution in [0.5, 0.6) is 5.75 Å². The molecule has 0 heterocycles. The van der Waals surface area contributed by atoms with Crippen LogP contribution in [0.2, 0.25) is 0 Å². The number of ether oxygens (including phenoxy) is 1. The minimum atomic E-state index is 0.0954. The number of oxime groups is 1. The van der Waals surface area contributed by atoms with Crippen molar-refractivity contribution in [1.29, 1.82) is 0 Å². The second-order valence-electron chi connectivity index (χ2n) is 4.02. The normalized spacial score (nSPS) is 13.2. The van der Waals surface area contributed by atoms with E-state index in [-0.39, 0.29) is 11.9 Å². The van der Waals surface area contributed by atoms with Crippen molar-refractivity contribution < 1.29 is 9.94 Å². The van der Waals surface area contributed by atoms with Gasteiger partial charge in [-0.3, -0.25) is 0 Å². The number of amidine groups is 1. The summed E-state index contributed by atoms with van der Waals surface area (Å²) in [4.78, 5) is 0. The summed E-state index contributed by atoms with van der Waals surface area (Å²) in [6.07, 6.45) is 0.488. The number of aryl methyl sites for hydroxylation is 1. The summed E-state index contributed by atoms with van der Waals surface area (Å²) < 4.78 is 5.14. The zero-order valence-electron chi connectivity index (χ0n) is 10.4. The fourth-order valence-electron chi connectivity index (χ4n) is 1.60. The molecule has 94 valence electrons. The van der Waals surface area contributed by atoms with Gasteiger partial charge in [0.1, 0.15) is 11.6 Å². The van der Waals surface area contributed by atoms with E-state index in [1.54, 1.807) is 7.11 Å². The summed E-state index contributed by atoms with van der Waals surface area (Å²) in [5.41, 5.74) is 7.56. The maximum Gasteiger partial charge on any atom is 0.141 e. The molecule has 17 heavy (non-hydrogen) atoms. The lowest BCUT2D eigenvalue weighted by Crippen LogP contribution is -2.24. The van der Waals surface area contributed by atoms with Crippen LogP contribution in [0.3, 0.4) is 0 Å². The molecule has 1 unspecified atom stereocenters. The minimum absolute atomic E-state index is 0.0954. The third kappa shape index (κ3) is 3.86. The van der Waals surface area contributed by atoms with Gasteiger partial charge in [-0.25, -0.2) is 0 Å². The Kier molecular flexibility index (Phi) is 4.63. The smallest absolute Gasteiger partial charge is 0.141 e. The zero-order valence-corrected chi connectivity index (χ0v) is 10.4. The maximum absolute atomic E-state index is 8.49. The lowest BCUT2D eigenvalue weighted by molar-refractivity contribution is 0.316. The first-order chi connectivity index (χ1) is 8.06. The van der Waals surface area contributed by atoms with Crippen LogP contribution in [0.4, 0.5) is 5.69 Å². The van der Waals surface area contributed by atoms with Crippen molar-refractivity contribution in [2.75, 3.05) is 12.4 Å². The molecule has 1 aromatic rings. The molecule has 0 aromatic heterocycles. The van der Waals surface area contributed by atoms with Gasteiger partial charge in [0.2, 0.25) is 0 Å². The maximum atomic E-state index is 8.49. The molecule has 5 nitrogen and oxygen atoms in total. The number of benzene rings is 1. The van der Waals surface area contributed by atoms with E-state index in [4.69, 9.17) is 15.7 Å². The van der Waals surface area contributed by atoms with E-state index in [0.29, 0.717) is 6.42 Å². The second-order valence-corrected chi connectivity index (χ2v) is 4.02. The molecule has 0 spiro atoms. The number of methoxy groups -OCH3 is 1. The average Bonchev–Trinajstić information content (AvgIpc) is 2.31. The molecule has 1 rings (SSSR count). The fourth-order valence-corrected chi connectivity index (χ4v) is 1.60. The van der Waals surface area contributed by atoms with Gasteiger partial charge < -0.3 is 21.0 Å². The first kappa shape index (κ1) is 13.2. The Labute approximate surface area is 101 Å². The summed E-state index contributed by atoms with van der Waals surface area (Å²) >= 11 is 0. The first-order valence-corrected chi connectivity index (χ1v) is 5.44. The van der Waals surface area contributed by atoms with E-state index in [9.17, 15) is 0 Å². The van der Waals surface area contributed by atoms with E-state index in [1.165, 1.54) is 0 Å². The predicted octanol–water partition coefficient (Wildman–Crippen LogP) is 1.94. The Hall–Kier alpha value is -1.91. The number of hydrogen-bond donors (Lipinski definition) is 3. The van der Waals surface area contributed by atoms with Crippen LogP contribution in [0, 0.1) is 6.92 Å². The Morgan fingerprint density at radius 3 is 2.82 bits per heavy atom. The van der Waals surface area contributed by atoms with E-state index in [2.05, 4.69) is 10.5 Å². The van der Waals surface area contributed by atoms with Crippen molar-refractivity contribution in [3.8, 4) is 5.75 Å². The summed E-state index contributed by atoms with van der Waals surface area (Å²) in [5.74, 6) is 1.05. The molecule has 4 N–H and O–H groups in total. The van der Waals surface area contributed by atoms with Crippen molar-refractivity contribution in [3.63, 3.8) is 0 Å². The standard InChI is InChI=1S/C12H19N3O2/c1-8-6-10(17-3)4-5-11(8)14-9(2)7-12(13)15-16/h4-6,9,14,16H,7H2,1-3H3,(H2,13,15). The van der Waals surface area contributed by atoms with Gasteiger partial charge in [0.15, 0.2) is 0 Å². The fraction of sp³-hybridized carbons (Fsp3) is 0.417. The molecule has 1 atom stereocenters. The van der Waals surface area contributed by atoms with Gasteiger partial charge in [-0.2, -0.15) is 0 Å². The highest BCUT2D eigenvalue weighted by atomic mass is 16.5. The van der Waals surface area contributed by atoms with Crippen LogP contribution in [0.1, 0.15) is 18.9 Å². The average molecular weight is 237 g/mol. The molecule has 5 heteroatoms. The van der Waals surface area contributed by atoms with Gasteiger partial charge in [0, 0.05) is 18.2 Å². The van der Waals surface area contributed by atoms with Crippen molar-refractivity contribution in [3.05, 3.63) is 23.8 Å². The predicted molar refractivity (Wildman–Crippen MR) is 68.8 cm³/mol. The quantitative estimate of drug-likeness (QED) is 0.316. The lowest BCUT2D eigenvalue weighted by atomic mass is 10.1. The molecule has 0 aliphatic rings. The SMILES string of the molecule is COc1ccc(NC(C)C/C(N)=N/O)c(C)c1. The lowest BCUT2D eigenvalue weighted by Gasteiger charge is -2.16. The van der Waals surface area contributed by atoms with Crippen molar-refractivity contribution in [2.45, 2.75) is 26.3 Å². The van der Waals surface area contributed by atoms with Crippen LogP contribution in [-0.2, 0) is 0 Å². The molecule has 0 fully saturated rings. The zero-order chi connectivity index (χ0) is 12.8. The largest absolute Gasteiger partial charge is 0.497 e. The number of nitrogens with one attached hydrogen (secondary N) is 1. The molecule has 0 aliphatic heterocycles. The number of rotatable bonds is 5. The molecule has 0 saturated carbocycles. The second kappa shape index (κ2) is 5.98. The van der Waals surface area contributed by atoms with Crippen LogP contribution >= 0.6 is 0 Å². The highest BCUT2D eigenvalue weighted by Gasteiger charge is 2.07. The van der Waals surface area contributed by atoms with Crippen molar-refractivity contribution >= 4 is 11.5 Å². The molecule has 0 radical (unpaired) electrons. The molecule has 0 bridgehead atoms. The van der Waals surface area contributed by atoms with Gasteiger partial charge in [-0.15, -0.1) is 0 Å². The van der Waals surface area contributed by atoms with Gasteiger partial charge >= 0.3 is 0 Å². The minimum Gasteiger partial charge on any atom is -0.497 e. The molecular formula is C12H19N3O2. The van der Waals surface area contributed by atoms with Crippen LogP contribution in [0.15, 0.2) is 23.4 Å². The molecular weight excluding hydrogens is 218 g/mol. The molecule has 0 saturated heterocycles. The van der Waals surface area contributed by atoms with Crippen molar-refractivity contribution in [1.82, 2.24) is 0 Å². The Bertz CT molecular complexity index is 405. The van der Waals surface area contributed by atoms with Gasteiger partial charge in [0.25, 0.3) is 0 Å². The van der Waals surface area contributed by atoms with E-state index >= 15 is 0 Å². The first-order valence-electron chi connectivity index (χ1n) is 5.44. The van der Waals surface area contributed by atoms with Gasteiger partial charge in [-0.05, 0) is 37.6 Å². The summed E-state index contributed by atoms with van der Waals surface area (Å²) in [5, 5.41) is 14.7.